The summed E-state index contributed by atoms with van der Waals surface area (Å²) in [6.07, 6.45) is 6.99. The zero-order valence-corrected chi connectivity index (χ0v) is 8.83. The summed E-state index contributed by atoms with van der Waals surface area (Å²) in [4.78, 5) is 0. The van der Waals surface area contributed by atoms with Gasteiger partial charge in [0.2, 0.25) is 0 Å². The van der Waals surface area contributed by atoms with Crippen LogP contribution in [0, 0.1) is 0 Å². The first kappa shape index (κ1) is 11.3. The zero-order valence-electron chi connectivity index (χ0n) is 8.83. The normalized spacial score (nSPS) is 13.0. The number of furan rings is 1. The van der Waals surface area contributed by atoms with Gasteiger partial charge in [0, 0.05) is 18.2 Å². The monoisotopic (exact) mass is 196 g/mol. The molecular weight excluding hydrogens is 176 g/mol. The third-order valence-corrected chi connectivity index (χ3v) is 2.17. The van der Waals surface area contributed by atoms with Crippen LogP contribution in [0.1, 0.15) is 31.7 Å². The predicted molar refractivity (Wildman–Crippen MR) is 57.9 cm³/mol. The Labute approximate surface area is 85.7 Å². The van der Waals surface area contributed by atoms with Crippen LogP contribution in [0.2, 0.25) is 0 Å². The van der Waals surface area contributed by atoms with Crippen molar-refractivity contribution in [3.8, 4) is 0 Å². The standard InChI is InChI=1S/C11H20N2O/c1-10(12)4-2-3-6-13-8-11-5-7-14-9-11/h5,7,9-10,13H,2-4,6,8,12H2,1H3. The highest BCUT2D eigenvalue weighted by molar-refractivity contribution is 5.04. The molecule has 3 heteroatoms. The Morgan fingerprint density at radius 1 is 1.50 bits per heavy atom. The molecule has 1 heterocycles. The maximum atomic E-state index is 5.65. The largest absolute Gasteiger partial charge is 0.472 e. The fourth-order valence-electron chi connectivity index (χ4n) is 1.34. The van der Waals surface area contributed by atoms with Gasteiger partial charge in [-0.25, -0.2) is 0 Å². The highest BCUT2D eigenvalue weighted by Gasteiger charge is 1.95. The van der Waals surface area contributed by atoms with Crippen molar-refractivity contribution >= 4 is 0 Å². The van der Waals surface area contributed by atoms with Crippen LogP contribution in [0.3, 0.4) is 0 Å². The van der Waals surface area contributed by atoms with E-state index in [4.69, 9.17) is 10.2 Å². The molecule has 0 aliphatic rings. The topological polar surface area (TPSA) is 51.2 Å². The molecule has 80 valence electrons. The molecule has 3 nitrogen and oxygen atoms in total. The summed E-state index contributed by atoms with van der Waals surface area (Å²) < 4.78 is 4.97. The van der Waals surface area contributed by atoms with Crippen LogP contribution in [-0.2, 0) is 6.54 Å². The van der Waals surface area contributed by atoms with Gasteiger partial charge in [-0.1, -0.05) is 6.42 Å². The van der Waals surface area contributed by atoms with Crippen molar-refractivity contribution in [2.75, 3.05) is 6.54 Å². The molecule has 0 amide bonds. The summed E-state index contributed by atoms with van der Waals surface area (Å²) in [6, 6.07) is 2.32. The fraction of sp³-hybridized carbons (Fsp3) is 0.636. The molecule has 0 saturated heterocycles. The second-order valence-corrected chi connectivity index (χ2v) is 3.78. The molecule has 0 aromatic carbocycles. The van der Waals surface area contributed by atoms with E-state index in [1.165, 1.54) is 18.4 Å². The number of hydrogen-bond donors (Lipinski definition) is 2. The molecule has 1 atom stereocenters. The average molecular weight is 196 g/mol. The van der Waals surface area contributed by atoms with Crippen LogP contribution in [-0.4, -0.2) is 12.6 Å². The molecule has 1 rings (SSSR count). The Hall–Kier alpha value is -0.800. The molecule has 0 bridgehead atoms. The lowest BCUT2D eigenvalue weighted by atomic mass is 10.1. The highest BCUT2D eigenvalue weighted by atomic mass is 16.3. The van der Waals surface area contributed by atoms with Crippen molar-refractivity contribution < 1.29 is 4.42 Å². The SMILES string of the molecule is CC(N)CCCCNCc1ccoc1. The van der Waals surface area contributed by atoms with E-state index in [0.717, 1.165) is 19.5 Å². The summed E-state index contributed by atoms with van der Waals surface area (Å²) in [5, 5.41) is 3.36. The first-order valence-corrected chi connectivity index (χ1v) is 5.26. The maximum Gasteiger partial charge on any atom is 0.0947 e. The number of unbranched alkanes of at least 4 members (excludes halogenated alkanes) is 1. The Balaban J connectivity index is 1.90. The maximum absolute atomic E-state index is 5.65. The number of nitrogens with two attached hydrogens (primary N) is 1. The Bertz CT molecular complexity index is 219. The van der Waals surface area contributed by atoms with Gasteiger partial charge >= 0.3 is 0 Å². The van der Waals surface area contributed by atoms with Gasteiger partial charge in [-0.15, -0.1) is 0 Å². The van der Waals surface area contributed by atoms with Gasteiger partial charge in [0.05, 0.1) is 12.5 Å². The van der Waals surface area contributed by atoms with E-state index in [-0.39, 0.29) is 0 Å². The molecule has 14 heavy (non-hydrogen) atoms. The number of nitrogens with one attached hydrogen (secondary N) is 1. The van der Waals surface area contributed by atoms with E-state index in [1.807, 2.05) is 6.07 Å². The first-order valence-electron chi connectivity index (χ1n) is 5.26. The smallest absolute Gasteiger partial charge is 0.0947 e. The predicted octanol–water partition coefficient (Wildman–Crippen LogP) is 1.89. The van der Waals surface area contributed by atoms with Crippen LogP contribution < -0.4 is 11.1 Å². The molecule has 0 spiro atoms. The van der Waals surface area contributed by atoms with Gasteiger partial charge < -0.3 is 15.5 Å². The van der Waals surface area contributed by atoms with Gasteiger partial charge in [-0.2, -0.15) is 0 Å². The minimum Gasteiger partial charge on any atom is -0.472 e. The second kappa shape index (κ2) is 6.62. The molecule has 1 unspecified atom stereocenters. The van der Waals surface area contributed by atoms with E-state index in [0.29, 0.717) is 6.04 Å². The summed E-state index contributed by atoms with van der Waals surface area (Å²) >= 11 is 0. The van der Waals surface area contributed by atoms with E-state index in [1.54, 1.807) is 12.5 Å². The Kier molecular flexibility index (Phi) is 5.33. The van der Waals surface area contributed by atoms with Gasteiger partial charge in [-0.05, 0) is 32.4 Å². The lowest BCUT2D eigenvalue weighted by Crippen LogP contribution is -2.17. The molecule has 1 aromatic rings. The summed E-state index contributed by atoms with van der Waals surface area (Å²) in [7, 11) is 0. The second-order valence-electron chi connectivity index (χ2n) is 3.78. The molecule has 0 radical (unpaired) electrons. The van der Waals surface area contributed by atoms with Gasteiger partial charge in [-0.3, -0.25) is 0 Å². The van der Waals surface area contributed by atoms with Crippen LogP contribution in [0.25, 0.3) is 0 Å². The van der Waals surface area contributed by atoms with E-state index in [2.05, 4.69) is 12.2 Å². The molecular formula is C11H20N2O. The number of hydrogen-bond acceptors (Lipinski definition) is 3. The van der Waals surface area contributed by atoms with Crippen LogP contribution in [0.15, 0.2) is 23.0 Å². The highest BCUT2D eigenvalue weighted by Crippen LogP contribution is 2.00. The van der Waals surface area contributed by atoms with Gasteiger partial charge in [0.25, 0.3) is 0 Å². The number of rotatable bonds is 7. The van der Waals surface area contributed by atoms with Crippen molar-refractivity contribution in [1.82, 2.24) is 5.32 Å². The van der Waals surface area contributed by atoms with Crippen molar-refractivity contribution in [3.05, 3.63) is 24.2 Å². The molecule has 0 aliphatic carbocycles. The van der Waals surface area contributed by atoms with Crippen molar-refractivity contribution in [3.63, 3.8) is 0 Å². The Morgan fingerprint density at radius 2 is 2.36 bits per heavy atom. The molecule has 1 aromatic heterocycles. The van der Waals surface area contributed by atoms with Gasteiger partial charge in [0.1, 0.15) is 0 Å². The van der Waals surface area contributed by atoms with Crippen LogP contribution in [0.4, 0.5) is 0 Å². The summed E-state index contributed by atoms with van der Waals surface area (Å²) in [5.41, 5.74) is 6.86. The Morgan fingerprint density at radius 3 is 3.00 bits per heavy atom. The molecule has 0 saturated carbocycles. The summed E-state index contributed by atoms with van der Waals surface area (Å²) in [5.74, 6) is 0. The van der Waals surface area contributed by atoms with Crippen LogP contribution >= 0.6 is 0 Å². The van der Waals surface area contributed by atoms with E-state index < -0.39 is 0 Å². The van der Waals surface area contributed by atoms with Crippen molar-refractivity contribution in [2.45, 2.75) is 38.8 Å². The first-order chi connectivity index (χ1) is 6.79. The lowest BCUT2D eigenvalue weighted by molar-refractivity contribution is 0.550. The lowest BCUT2D eigenvalue weighted by Gasteiger charge is -2.05. The third kappa shape index (κ3) is 5.04. The van der Waals surface area contributed by atoms with Crippen molar-refractivity contribution in [2.24, 2.45) is 5.73 Å². The molecule has 3 N–H and O–H groups in total. The average Bonchev–Trinajstić information content (AvgIpc) is 2.63. The molecule has 0 fully saturated rings. The van der Waals surface area contributed by atoms with Crippen molar-refractivity contribution in [1.29, 1.82) is 0 Å². The quantitative estimate of drug-likeness (QED) is 0.655. The fourth-order valence-corrected chi connectivity index (χ4v) is 1.34. The van der Waals surface area contributed by atoms with Gasteiger partial charge in [0.15, 0.2) is 0 Å². The van der Waals surface area contributed by atoms with E-state index in [9.17, 15) is 0 Å². The molecule has 0 aliphatic heterocycles. The van der Waals surface area contributed by atoms with Crippen LogP contribution in [0.5, 0.6) is 0 Å². The summed E-state index contributed by atoms with van der Waals surface area (Å²) in [6.45, 7) is 4.01. The zero-order chi connectivity index (χ0) is 10.2. The minimum absolute atomic E-state index is 0.337. The minimum atomic E-state index is 0.337. The van der Waals surface area contributed by atoms with E-state index >= 15 is 0 Å². The third-order valence-electron chi connectivity index (χ3n) is 2.17.